The van der Waals surface area contributed by atoms with Gasteiger partial charge in [-0.1, -0.05) is 19.9 Å². The summed E-state index contributed by atoms with van der Waals surface area (Å²) in [6.07, 6.45) is 1.48. The molecule has 19 heavy (non-hydrogen) atoms. The Labute approximate surface area is 112 Å². The van der Waals surface area contributed by atoms with E-state index in [9.17, 15) is 4.39 Å². The summed E-state index contributed by atoms with van der Waals surface area (Å²) in [4.78, 5) is 8.24. The predicted octanol–water partition coefficient (Wildman–Crippen LogP) is 3.43. The van der Waals surface area contributed by atoms with Gasteiger partial charge in [0.05, 0.1) is 0 Å². The van der Waals surface area contributed by atoms with Crippen molar-refractivity contribution in [3.63, 3.8) is 0 Å². The van der Waals surface area contributed by atoms with Crippen molar-refractivity contribution < 1.29 is 4.39 Å². The standard InChI is InChI=1S/C14H17FN4/c1-10(2)8-16-13-7-14(18-9-17-13)19-12-5-3-4-11(15)6-12/h3-7,9-10H,8H2,1-2H3,(H2,16,17,18,19). The summed E-state index contributed by atoms with van der Waals surface area (Å²) in [6.45, 7) is 5.09. The third kappa shape index (κ3) is 4.21. The van der Waals surface area contributed by atoms with Gasteiger partial charge in [0.25, 0.3) is 0 Å². The molecule has 1 heterocycles. The molecule has 100 valence electrons. The SMILES string of the molecule is CC(C)CNc1cc(Nc2cccc(F)c2)ncn1. The molecule has 0 bridgehead atoms. The second-order valence-corrected chi connectivity index (χ2v) is 4.70. The predicted molar refractivity (Wildman–Crippen MR) is 75.0 cm³/mol. The van der Waals surface area contributed by atoms with Crippen LogP contribution in [0.1, 0.15) is 13.8 Å². The number of nitrogens with one attached hydrogen (secondary N) is 2. The minimum Gasteiger partial charge on any atom is -0.370 e. The second kappa shape index (κ2) is 6.13. The number of rotatable bonds is 5. The van der Waals surface area contributed by atoms with E-state index in [-0.39, 0.29) is 5.82 Å². The first kappa shape index (κ1) is 13.3. The topological polar surface area (TPSA) is 49.8 Å². The highest BCUT2D eigenvalue weighted by Gasteiger charge is 2.01. The van der Waals surface area contributed by atoms with Crippen molar-refractivity contribution in [2.75, 3.05) is 17.2 Å². The van der Waals surface area contributed by atoms with E-state index < -0.39 is 0 Å². The maximum absolute atomic E-state index is 13.1. The smallest absolute Gasteiger partial charge is 0.135 e. The van der Waals surface area contributed by atoms with Crippen molar-refractivity contribution in [1.82, 2.24) is 9.97 Å². The summed E-state index contributed by atoms with van der Waals surface area (Å²) in [5.74, 6) is 1.64. The minimum atomic E-state index is -0.280. The van der Waals surface area contributed by atoms with Gasteiger partial charge in [-0.3, -0.25) is 0 Å². The van der Waals surface area contributed by atoms with Crippen LogP contribution in [0.2, 0.25) is 0 Å². The summed E-state index contributed by atoms with van der Waals surface area (Å²) in [7, 11) is 0. The lowest BCUT2D eigenvalue weighted by Crippen LogP contribution is -2.09. The van der Waals surface area contributed by atoms with Crippen LogP contribution in [0, 0.1) is 11.7 Å². The Morgan fingerprint density at radius 1 is 1.16 bits per heavy atom. The fourth-order valence-electron chi connectivity index (χ4n) is 1.55. The van der Waals surface area contributed by atoms with Crippen LogP contribution in [0.25, 0.3) is 0 Å². The molecular weight excluding hydrogens is 243 g/mol. The summed E-state index contributed by atoms with van der Waals surface area (Å²) < 4.78 is 13.1. The van der Waals surface area contributed by atoms with Gasteiger partial charge in [-0.25, -0.2) is 14.4 Å². The van der Waals surface area contributed by atoms with Crippen molar-refractivity contribution in [3.8, 4) is 0 Å². The lowest BCUT2D eigenvalue weighted by Gasteiger charge is -2.10. The number of hydrogen-bond donors (Lipinski definition) is 2. The third-order valence-electron chi connectivity index (χ3n) is 2.46. The number of hydrogen-bond acceptors (Lipinski definition) is 4. The highest BCUT2D eigenvalue weighted by atomic mass is 19.1. The first-order chi connectivity index (χ1) is 9.13. The summed E-state index contributed by atoms with van der Waals surface area (Å²) >= 11 is 0. The maximum atomic E-state index is 13.1. The van der Waals surface area contributed by atoms with Crippen molar-refractivity contribution in [3.05, 3.63) is 42.5 Å². The Balaban J connectivity index is 2.06. The molecule has 0 spiro atoms. The molecule has 2 rings (SSSR count). The molecule has 0 aliphatic heterocycles. The van der Waals surface area contributed by atoms with E-state index in [4.69, 9.17) is 0 Å². The van der Waals surface area contributed by atoms with Crippen molar-refractivity contribution in [2.45, 2.75) is 13.8 Å². The number of anilines is 3. The number of aromatic nitrogens is 2. The quantitative estimate of drug-likeness (QED) is 0.864. The van der Waals surface area contributed by atoms with Gasteiger partial charge in [0.1, 0.15) is 23.8 Å². The normalized spacial score (nSPS) is 10.5. The second-order valence-electron chi connectivity index (χ2n) is 4.70. The lowest BCUT2D eigenvalue weighted by molar-refractivity contribution is 0.628. The van der Waals surface area contributed by atoms with E-state index >= 15 is 0 Å². The molecule has 0 aliphatic rings. The minimum absolute atomic E-state index is 0.280. The molecule has 0 unspecified atom stereocenters. The number of nitrogens with zero attached hydrogens (tertiary/aromatic N) is 2. The van der Waals surface area contributed by atoms with Gasteiger partial charge in [0, 0.05) is 18.3 Å². The zero-order valence-corrected chi connectivity index (χ0v) is 11.0. The van der Waals surface area contributed by atoms with E-state index in [1.807, 2.05) is 0 Å². The van der Waals surface area contributed by atoms with E-state index in [1.165, 1.54) is 18.5 Å². The molecule has 0 saturated heterocycles. The molecule has 0 aliphatic carbocycles. The van der Waals surface area contributed by atoms with Crippen molar-refractivity contribution in [1.29, 1.82) is 0 Å². The van der Waals surface area contributed by atoms with Gasteiger partial charge in [-0.15, -0.1) is 0 Å². The Bertz CT molecular complexity index is 542. The molecular formula is C14H17FN4. The largest absolute Gasteiger partial charge is 0.370 e. The molecule has 1 aromatic heterocycles. The molecule has 2 N–H and O–H groups in total. The van der Waals surface area contributed by atoms with Crippen LogP contribution >= 0.6 is 0 Å². The third-order valence-corrected chi connectivity index (χ3v) is 2.46. The van der Waals surface area contributed by atoms with Crippen LogP contribution in [-0.4, -0.2) is 16.5 Å². The van der Waals surface area contributed by atoms with Crippen molar-refractivity contribution in [2.24, 2.45) is 5.92 Å². The summed E-state index contributed by atoms with van der Waals surface area (Å²) in [6, 6.07) is 8.06. The van der Waals surface area contributed by atoms with Crippen LogP contribution in [0.15, 0.2) is 36.7 Å². The zero-order chi connectivity index (χ0) is 13.7. The van der Waals surface area contributed by atoms with Crippen LogP contribution < -0.4 is 10.6 Å². The van der Waals surface area contributed by atoms with Crippen LogP contribution in [0.5, 0.6) is 0 Å². The molecule has 0 amide bonds. The van der Waals surface area contributed by atoms with Gasteiger partial charge < -0.3 is 10.6 Å². The van der Waals surface area contributed by atoms with Gasteiger partial charge >= 0.3 is 0 Å². The average Bonchev–Trinajstić information content (AvgIpc) is 2.37. The molecule has 0 saturated carbocycles. The summed E-state index contributed by atoms with van der Waals surface area (Å²) in [5, 5.41) is 6.26. The van der Waals surface area contributed by atoms with E-state index in [0.29, 0.717) is 17.4 Å². The van der Waals surface area contributed by atoms with Crippen LogP contribution in [0.3, 0.4) is 0 Å². The Morgan fingerprint density at radius 2 is 1.95 bits per heavy atom. The zero-order valence-electron chi connectivity index (χ0n) is 11.0. The highest BCUT2D eigenvalue weighted by molar-refractivity contribution is 5.58. The fraction of sp³-hybridized carbons (Fsp3) is 0.286. The van der Waals surface area contributed by atoms with Gasteiger partial charge in [0.15, 0.2) is 0 Å². The monoisotopic (exact) mass is 260 g/mol. The lowest BCUT2D eigenvalue weighted by atomic mass is 10.2. The number of halogens is 1. The first-order valence-corrected chi connectivity index (χ1v) is 6.22. The van der Waals surface area contributed by atoms with E-state index in [0.717, 1.165) is 12.4 Å². The maximum Gasteiger partial charge on any atom is 0.135 e. The van der Waals surface area contributed by atoms with Crippen molar-refractivity contribution >= 4 is 17.3 Å². The highest BCUT2D eigenvalue weighted by Crippen LogP contribution is 2.17. The Kier molecular flexibility index (Phi) is 4.28. The first-order valence-electron chi connectivity index (χ1n) is 6.22. The molecule has 2 aromatic rings. The van der Waals surface area contributed by atoms with Gasteiger partial charge in [0.2, 0.25) is 0 Å². The molecule has 0 radical (unpaired) electrons. The Morgan fingerprint density at radius 3 is 2.68 bits per heavy atom. The Hall–Kier alpha value is -2.17. The van der Waals surface area contributed by atoms with Gasteiger partial charge in [-0.2, -0.15) is 0 Å². The fourth-order valence-corrected chi connectivity index (χ4v) is 1.55. The van der Waals surface area contributed by atoms with Crippen LogP contribution in [0.4, 0.5) is 21.7 Å². The van der Waals surface area contributed by atoms with Crippen LogP contribution in [-0.2, 0) is 0 Å². The molecule has 0 atom stereocenters. The molecule has 5 heteroatoms. The average molecular weight is 260 g/mol. The van der Waals surface area contributed by atoms with Gasteiger partial charge in [-0.05, 0) is 24.1 Å². The molecule has 0 fully saturated rings. The summed E-state index contributed by atoms with van der Waals surface area (Å²) in [5.41, 5.74) is 0.661. The van der Waals surface area contributed by atoms with E-state index in [2.05, 4.69) is 34.4 Å². The molecule has 1 aromatic carbocycles. The molecule has 4 nitrogen and oxygen atoms in total. The number of benzene rings is 1. The van der Waals surface area contributed by atoms with E-state index in [1.54, 1.807) is 18.2 Å².